The molecule has 0 aliphatic carbocycles. The van der Waals surface area contributed by atoms with Crippen LogP contribution in [0.2, 0.25) is 0 Å². The zero-order valence-corrected chi connectivity index (χ0v) is 11.5. The average Bonchev–Trinajstić information content (AvgIpc) is 2.37. The zero-order valence-electron chi connectivity index (χ0n) is 11.5. The van der Waals surface area contributed by atoms with Crippen LogP contribution in [0.15, 0.2) is 30.3 Å². The summed E-state index contributed by atoms with van der Waals surface area (Å²) in [6.45, 7) is 3.42. The molecule has 0 atom stereocenters. The van der Waals surface area contributed by atoms with Gasteiger partial charge in [-0.25, -0.2) is 9.18 Å². The Bertz CT molecular complexity index is 654. The van der Waals surface area contributed by atoms with E-state index in [1.807, 2.05) is 0 Å². The minimum atomic E-state index is -0.971. The Kier molecular flexibility index (Phi) is 3.74. The van der Waals surface area contributed by atoms with E-state index in [-0.39, 0.29) is 5.56 Å². The average molecular weight is 274 g/mol. The normalized spacial score (nSPS) is 10.4. The van der Waals surface area contributed by atoms with Gasteiger partial charge in [0.05, 0.1) is 12.7 Å². The molecule has 3 nitrogen and oxygen atoms in total. The van der Waals surface area contributed by atoms with E-state index < -0.39 is 11.8 Å². The van der Waals surface area contributed by atoms with Gasteiger partial charge in [0.1, 0.15) is 11.6 Å². The largest absolute Gasteiger partial charge is 0.497 e. The number of aromatic carboxylic acids is 1. The molecule has 0 radical (unpaired) electrons. The molecule has 0 aliphatic heterocycles. The molecule has 0 saturated carbocycles. The van der Waals surface area contributed by atoms with E-state index in [0.29, 0.717) is 28.0 Å². The Hall–Kier alpha value is -2.36. The summed E-state index contributed by atoms with van der Waals surface area (Å²) in [4.78, 5) is 11.2. The Labute approximate surface area is 116 Å². The van der Waals surface area contributed by atoms with E-state index in [1.54, 1.807) is 38.1 Å². The first kappa shape index (κ1) is 14.1. The van der Waals surface area contributed by atoms with Crippen molar-refractivity contribution in [3.8, 4) is 16.9 Å². The van der Waals surface area contributed by atoms with Crippen molar-refractivity contribution in [2.75, 3.05) is 7.11 Å². The summed E-state index contributed by atoms with van der Waals surface area (Å²) in [5, 5.41) is 9.14. The summed E-state index contributed by atoms with van der Waals surface area (Å²) in [5.41, 5.74) is 2.58. The van der Waals surface area contributed by atoms with Gasteiger partial charge in [-0.2, -0.15) is 0 Å². The number of benzene rings is 2. The number of hydrogen-bond acceptors (Lipinski definition) is 2. The van der Waals surface area contributed by atoms with Gasteiger partial charge in [0.25, 0.3) is 0 Å². The number of carboxylic acid groups (broad SMARTS) is 1. The highest BCUT2D eigenvalue weighted by Crippen LogP contribution is 2.29. The quantitative estimate of drug-likeness (QED) is 0.925. The zero-order chi connectivity index (χ0) is 14.9. The minimum absolute atomic E-state index is 0.266. The third kappa shape index (κ3) is 2.50. The van der Waals surface area contributed by atoms with Crippen molar-refractivity contribution in [2.24, 2.45) is 0 Å². The van der Waals surface area contributed by atoms with Crippen molar-refractivity contribution >= 4 is 5.97 Å². The van der Waals surface area contributed by atoms with Gasteiger partial charge in [-0.15, -0.1) is 0 Å². The topological polar surface area (TPSA) is 46.5 Å². The number of ether oxygens (including phenoxy) is 1. The molecule has 0 amide bonds. The standard InChI is InChI=1S/C16H15FO3/c1-9-6-11(7-10(2)15(9)16(18)19)13-5-4-12(20-3)8-14(13)17/h4-8H,1-3H3,(H,18,19). The van der Waals surface area contributed by atoms with E-state index in [4.69, 9.17) is 9.84 Å². The van der Waals surface area contributed by atoms with Crippen molar-refractivity contribution in [1.82, 2.24) is 0 Å². The van der Waals surface area contributed by atoms with Crippen LogP contribution in [0.5, 0.6) is 5.75 Å². The third-order valence-electron chi connectivity index (χ3n) is 3.23. The first-order chi connectivity index (χ1) is 9.43. The Morgan fingerprint density at radius 2 is 1.75 bits per heavy atom. The van der Waals surface area contributed by atoms with E-state index in [1.165, 1.54) is 13.2 Å². The predicted molar refractivity (Wildman–Crippen MR) is 74.8 cm³/mol. The number of carboxylic acids is 1. The first-order valence-electron chi connectivity index (χ1n) is 6.12. The smallest absolute Gasteiger partial charge is 0.336 e. The molecule has 0 bridgehead atoms. The van der Waals surface area contributed by atoms with Crippen LogP contribution in [-0.2, 0) is 0 Å². The van der Waals surface area contributed by atoms with E-state index in [2.05, 4.69) is 0 Å². The van der Waals surface area contributed by atoms with Gasteiger partial charge in [0.15, 0.2) is 0 Å². The maximum Gasteiger partial charge on any atom is 0.336 e. The summed E-state index contributed by atoms with van der Waals surface area (Å²) in [6, 6.07) is 7.98. The van der Waals surface area contributed by atoms with Crippen LogP contribution >= 0.6 is 0 Å². The second-order valence-electron chi connectivity index (χ2n) is 4.64. The summed E-state index contributed by atoms with van der Waals surface area (Å²) in [5.74, 6) is -0.921. The molecule has 1 N–H and O–H groups in total. The lowest BCUT2D eigenvalue weighted by Gasteiger charge is -2.11. The van der Waals surface area contributed by atoms with Gasteiger partial charge in [0, 0.05) is 11.6 Å². The molecule has 2 aromatic rings. The van der Waals surface area contributed by atoms with Crippen molar-refractivity contribution in [3.05, 3.63) is 52.8 Å². The predicted octanol–water partition coefficient (Wildman–Crippen LogP) is 3.82. The van der Waals surface area contributed by atoms with Crippen LogP contribution in [0.4, 0.5) is 4.39 Å². The SMILES string of the molecule is COc1ccc(-c2cc(C)c(C(=O)O)c(C)c2)c(F)c1. The Morgan fingerprint density at radius 3 is 2.20 bits per heavy atom. The van der Waals surface area contributed by atoms with Gasteiger partial charge >= 0.3 is 5.97 Å². The lowest BCUT2D eigenvalue weighted by atomic mass is 9.95. The molecular formula is C16H15FO3. The Balaban J connectivity index is 2.57. The highest BCUT2D eigenvalue weighted by atomic mass is 19.1. The highest BCUT2D eigenvalue weighted by molar-refractivity contribution is 5.92. The molecule has 0 fully saturated rings. The van der Waals surface area contributed by atoms with Crippen LogP contribution in [0.25, 0.3) is 11.1 Å². The summed E-state index contributed by atoms with van der Waals surface area (Å²) >= 11 is 0. The van der Waals surface area contributed by atoms with Gasteiger partial charge in [-0.1, -0.05) is 12.1 Å². The third-order valence-corrected chi connectivity index (χ3v) is 3.23. The van der Waals surface area contributed by atoms with Gasteiger partial charge in [-0.05, 0) is 42.7 Å². The van der Waals surface area contributed by atoms with E-state index in [0.717, 1.165) is 0 Å². The Morgan fingerprint density at radius 1 is 1.15 bits per heavy atom. The molecule has 2 aromatic carbocycles. The molecule has 0 unspecified atom stereocenters. The van der Waals surface area contributed by atoms with Gasteiger partial charge in [0.2, 0.25) is 0 Å². The first-order valence-corrected chi connectivity index (χ1v) is 6.12. The van der Waals surface area contributed by atoms with Crippen molar-refractivity contribution in [3.63, 3.8) is 0 Å². The molecule has 0 aliphatic rings. The summed E-state index contributed by atoms with van der Waals surface area (Å²) in [6.07, 6.45) is 0. The van der Waals surface area contributed by atoms with Crippen LogP contribution in [0, 0.1) is 19.7 Å². The molecule has 2 rings (SSSR count). The number of halogens is 1. The van der Waals surface area contributed by atoms with Crippen LogP contribution in [0.1, 0.15) is 21.5 Å². The number of hydrogen-bond donors (Lipinski definition) is 1. The van der Waals surface area contributed by atoms with Crippen molar-refractivity contribution in [1.29, 1.82) is 0 Å². The second kappa shape index (κ2) is 5.33. The highest BCUT2D eigenvalue weighted by Gasteiger charge is 2.14. The monoisotopic (exact) mass is 274 g/mol. The minimum Gasteiger partial charge on any atom is -0.497 e. The van der Waals surface area contributed by atoms with E-state index >= 15 is 0 Å². The number of aryl methyl sites for hydroxylation is 2. The molecule has 20 heavy (non-hydrogen) atoms. The van der Waals surface area contributed by atoms with Crippen molar-refractivity contribution in [2.45, 2.75) is 13.8 Å². The molecule has 104 valence electrons. The molecule has 4 heteroatoms. The molecule has 0 aromatic heterocycles. The number of carbonyl (C=O) groups is 1. The molecule has 0 heterocycles. The molecule has 0 saturated heterocycles. The fraction of sp³-hybridized carbons (Fsp3) is 0.188. The van der Waals surface area contributed by atoms with Crippen LogP contribution < -0.4 is 4.74 Å². The van der Waals surface area contributed by atoms with Gasteiger partial charge in [-0.3, -0.25) is 0 Å². The fourth-order valence-corrected chi connectivity index (χ4v) is 2.31. The van der Waals surface area contributed by atoms with Crippen molar-refractivity contribution < 1.29 is 19.0 Å². The van der Waals surface area contributed by atoms with Crippen LogP contribution in [-0.4, -0.2) is 18.2 Å². The van der Waals surface area contributed by atoms with Crippen LogP contribution in [0.3, 0.4) is 0 Å². The maximum absolute atomic E-state index is 14.0. The lowest BCUT2D eigenvalue weighted by Crippen LogP contribution is -2.03. The molecular weight excluding hydrogens is 259 g/mol. The fourth-order valence-electron chi connectivity index (χ4n) is 2.31. The summed E-state index contributed by atoms with van der Waals surface area (Å²) < 4.78 is 19.0. The van der Waals surface area contributed by atoms with Gasteiger partial charge < -0.3 is 9.84 Å². The summed E-state index contributed by atoms with van der Waals surface area (Å²) in [7, 11) is 1.48. The number of rotatable bonds is 3. The lowest BCUT2D eigenvalue weighted by molar-refractivity contribution is 0.0695. The molecule has 0 spiro atoms. The number of methoxy groups -OCH3 is 1. The maximum atomic E-state index is 14.0. The second-order valence-corrected chi connectivity index (χ2v) is 4.64. The van der Waals surface area contributed by atoms with E-state index in [9.17, 15) is 9.18 Å².